The number of amides is 1. The molecular formula is C15H15ClN2O4S. The van der Waals surface area contributed by atoms with E-state index in [4.69, 9.17) is 21.5 Å². The van der Waals surface area contributed by atoms with E-state index in [9.17, 15) is 13.2 Å². The van der Waals surface area contributed by atoms with Crippen LogP contribution in [0.2, 0.25) is 5.02 Å². The number of ether oxygens (including phenoxy) is 1. The van der Waals surface area contributed by atoms with Gasteiger partial charge < -0.3 is 10.1 Å². The summed E-state index contributed by atoms with van der Waals surface area (Å²) in [5.41, 5.74) is 0.151. The topological polar surface area (TPSA) is 98.5 Å². The lowest BCUT2D eigenvalue weighted by atomic mass is 10.2. The highest BCUT2D eigenvalue weighted by Crippen LogP contribution is 2.21. The smallest absolute Gasteiger partial charge is 0.251 e. The number of carbonyl (C=O) groups is 1. The molecule has 0 saturated carbocycles. The summed E-state index contributed by atoms with van der Waals surface area (Å²) in [6.45, 7) is 0.548. The van der Waals surface area contributed by atoms with E-state index >= 15 is 0 Å². The lowest BCUT2D eigenvalue weighted by Gasteiger charge is -2.09. The van der Waals surface area contributed by atoms with Crippen molar-refractivity contribution in [1.29, 1.82) is 0 Å². The Bertz CT molecular complexity index is 794. The van der Waals surface area contributed by atoms with Crippen molar-refractivity contribution in [3.8, 4) is 5.75 Å². The fourth-order valence-corrected chi connectivity index (χ4v) is 2.89. The number of hydrogen-bond acceptors (Lipinski definition) is 4. The van der Waals surface area contributed by atoms with Crippen molar-refractivity contribution < 1.29 is 17.9 Å². The first-order valence-electron chi connectivity index (χ1n) is 6.66. The average molecular weight is 355 g/mol. The predicted molar refractivity (Wildman–Crippen MR) is 87.1 cm³/mol. The van der Waals surface area contributed by atoms with Crippen molar-refractivity contribution in [1.82, 2.24) is 5.32 Å². The Kier molecular flexibility index (Phi) is 5.59. The Morgan fingerprint density at radius 1 is 1.17 bits per heavy atom. The van der Waals surface area contributed by atoms with Crippen LogP contribution in [0, 0.1) is 0 Å². The molecule has 8 heteroatoms. The molecule has 122 valence electrons. The second-order valence-electron chi connectivity index (χ2n) is 4.61. The van der Waals surface area contributed by atoms with Gasteiger partial charge >= 0.3 is 0 Å². The summed E-state index contributed by atoms with van der Waals surface area (Å²) in [4.78, 5) is 11.7. The van der Waals surface area contributed by atoms with Crippen molar-refractivity contribution in [2.24, 2.45) is 5.14 Å². The Hall–Kier alpha value is -2.09. The number of hydrogen-bond donors (Lipinski definition) is 2. The van der Waals surface area contributed by atoms with Crippen LogP contribution in [0.1, 0.15) is 10.4 Å². The fraction of sp³-hybridized carbons (Fsp3) is 0.133. The largest absolute Gasteiger partial charge is 0.492 e. The first-order valence-corrected chi connectivity index (χ1v) is 8.59. The molecule has 2 aromatic rings. The fourth-order valence-electron chi connectivity index (χ4n) is 1.81. The highest BCUT2D eigenvalue weighted by Gasteiger charge is 2.16. The molecule has 3 N–H and O–H groups in total. The molecule has 6 nitrogen and oxygen atoms in total. The van der Waals surface area contributed by atoms with Crippen LogP contribution in [-0.2, 0) is 10.0 Å². The van der Waals surface area contributed by atoms with E-state index in [0.717, 1.165) is 6.07 Å². The van der Waals surface area contributed by atoms with Crippen molar-refractivity contribution >= 4 is 27.5 Å². The standard InChI is InChI=1S/C15H15ClN2O4S/c16-13-7-6-11(10-14(13)23(17,20)21)15(19)18-8-9-22-12-4-2-1-3-5-12/h1-7,10H,8-9H2,(H,18,19)(H2,17,20,21). The first-order chi connectivity index (χ1) is 10.9. The Morgan fingerprint density at radius 3 is 2.52 bits per heavy atom. The number of halogens is 1. The highest BCUT2D eigenvalue weighted by atomic mass is 35.5. The SMILES string of the molecule is NS(=O)(=O)c1cc(C(=O)NCCOc2ccccc2)ccc1Cl. The lowest BCUT2D eigenvalue weighted by molar-refractivity contribution is 0.0947. The highest BCUT2D eigenvalue weighted by molar-refractivity contribution is 7.89. The van der Waals surface area contributed by atoms with E-state index < -0.39 is 15.9 Å². The quantitative estimate of drug-likeness (QED) is 0.772. The zero-order valence-corrected chi connectivity index (χ0v) is 13.6. The predicted octanol–water partition coefficient (Wildman–Crippen LogP) is 1.80. The first kappa shape index (κ1) is 17.3. The molecule has 0 aromatic heterocycles. The van der Waals surface area contributed by atoms with Crippen LogP contribution >= 0.6 is 11.6 Å². The number of primary sulfonamides is 1. The van der Waals surface area contributed by atoms with Crippen LogP contribution in [0.15, 0.2) is 53.4 Å². The second-order valence-corrected chi connectivity index (χ2v) is 6.54. The van der Waals surface area contributed by atoms with Gasteiger partial charge in [0.05, 0.1) is 11.6 Å². The summed E-state index contributed by atoms with van der Waals surface area (Å²) in [5.74, 6) is 0.257. The molecule has 1 amide bonds. The van der Waals surface area contributed by atoms with E-state index in [0.29, 0.717) is 5.75 Å². The number of para-hydroxylation sites is 1. The van der Waals surface area contributed by atoms with Gasteiger partial charge in [0, 0.05) is 5.56 Å². The lowest BCUT2D eigenvalue weighted by Crippen LogP contribution is -2.28. The summed E-state index contributed by atoms with van der Waals surface area (Å²) in [7, 11) is -3.99. The van der Waals surface area contributed by atoms with Gasteiger partial charge in [-0.05, 0) is 30.3 Å². The van der Waals surface area contributed by atoms with Crippen LogP contribution < -0.4 is 15.2 Å². The van der Waals surface area contributed by atoms with Gasteiger partial charge in [0.1, 0.15) is 17.3 Å². The zero-order chi connectivity index (χ0) is 16.9. The summed E-state index contributed by atoms with van der Waals surface area (Å²) < 4.78 is 28.2. The molecule has 0 atom stereocenters. The molecule has 2 rings (SSSR count). The minimum Gasteiger partial charge on any atom is -0.492 e. The van der Waals surface area contributed by atoms with Crippen LogP contribution in [0.25, 0.3) is 0 Å². The maximum atomic E-state index is 12.0. The number of rotatable bonds is 6. The average Bonchev–Trinajstić information content (AvgIpc) is 2.51. The third-order valence-electron chi connectivity index (χ3n) is 2.90. The molecule has 0 saturated heterocycles. The van der Waals surface area contributed by atoms with Crippen LogP contribution in [0.3, 0.4) is 0 Å². The number of nitrogens with one attached hydrogen (secondary N) is 1. The zero-order valence-electron chi connectivity index (χ0n) is 12.0. The van der Waals surface area contributed by atoms with Crippen LogP contribution in [0.5, 0.6) is 5.75 Å². The van der Waals surface area contributed by atoms with E-state index in [1.165, 1.54) is 12.1 Å². The third-order valence-corrected chi connectivity index (χ3v) is 4.29. The normalized spacial score (nSPS) is 11.0. The van der Waals surface area contributed by atoms with Gasteiger partial charge in [0.25, 0.3) is 5.91 Å². The number of benzene rings is 2. The maximum Gasteiger partial charge on any atom is 0.251 e. The van der Waals surface area contributed by atoms with Gasteiger partial charge in [0.2, 0.25) is 10.0 Å². The van der Waals surface area contributed by atoms with Gasteiger partial charge in [-0.15, -0.1) is 0 Å². The molecule has 23 heavy (non-hydrogen) atoms. The molecular weight excluding hydrogens is 340 g/mol. The molecule has 0 aliphatic rings. The van der Waals surface area contributed by atoms with Gasteiger partial charge in [-0.25, -0.2) is 13.6 Å². The van der Waals surface area contributed by atoms with E-state index in [1.807, 2.05) is 18.2 Å². The summed E-state index contributed by atoms with van der Waals surface area (Å²) >= 11 is 5.77. The maximum absolute atomic E-state index is 12.0. The van der Waals surface area contributed by atoms with Gasteiger partial charge in [-0.2, -0.15) is 0 Å². The van der Waals surface area contributed by atoms with Crippen molar-refractivity contribution in [2.75, 3.05) is 13.2 Å². The molecule has 0 spiro atoms. The van der Waals surface area contributed by atoms with E-state index in [1.54, 1.807) is 12.1 Å². The Balaban J connectivity index is 1.94. The van der Waals surface area contributed by atoms with Gasteiger partial charge in [0.15, 0.2) is 0 Å². The molecule has 2 aromatic carbocycles. The summed E-state index contributed by atoms with van der Waals surface area (Å²) in [6, 6.07) is 13.1. The molecule has 0 bridgehead atoms. The third kappa shape index (κ3) is 4.95. The van der Waals surface area contributed by atoms with Gasteiger partial charge in [-0.1, -0.05) is 29.8 Å². The van der Waals surface area contributed by atoms with E-state index in [-0.39, 0.29) is 28.6 Å². The monoisotopic (exact) mass is 354 g/mol. The van der Waals surface area contributed by atoms with Crippen molar-refractivity contribution in [2.45, 2.75) is 4.90 Å². The van der Waals surface area contributed by atoms with Gasteiger partial charge in [-0.3, -0.25) is 4.79 Å². The van der Waals surface area contributed by atoms with Crippen molar-refractivity contribution in [3.05, 3.63) is 59.1 Å². The summed E-state index contributed by atoms with van der Waals surface area (Å²) in [5, 5.41) is 7.64. The Labute approximate surface area is 139 Å². The number of nitrogens with two attached hydrogens (primary N) is 1. The number of carbonyl (C=O) groups excluding carboxylic acids is 1. The van der Waals surface area contributed by atoms with Crippen LogP contribution in [0.4, 0.5) is 0 Å². The molecule has 0 heterocycles. The second kappa shape index (κ2) is 7.45. The molecule has 0 aliphatic carbocycles. The van der Waals surface area contributed by atoms with E-state index in [2.05, 4.69) is 5.32 Å². The molecule has 0 radical (unpaired) electrons. The minimum atomic E-state index is -3.99. The summed E-state index contributed by atoms with van der Waals surface area (Å²) in [6.07, 6.45) is 0. The number of sulfonamides is 1. The molecule has 0 aliphatic heterocycles. The minimum absolute atomic E-state index is 0.0311. The molecule has 0 unspecified atom stereocenters. The van der Waals surface area contributed by atoms with Crippen LogP contribution in [-0.4, -0.2) is 27.5 Å². The van der Waals surface area contributed by atoms with Crippen molar-refractivity contribution in [3.63, 3.8) is 0 Å². The Morgan fingerprint density at radius 2 is 1.87 bits per heavy atom. The molecule has 0 fully saturated rings.